The van der Waals surface area contributed by atoms with E-state index in [9.17, 15) is 20.0 Å². The number of hydrogen-bond donors (Lipinski definition) is 3. The van der Waals surface area contributed by atoms with Crippen LogP contribution >= 0.6 is 0 Å². The molecular weight excluding hydrogens is 286 g/mol. The smallest absolute Gasteiger partial charge is 0.293 e. The number of amides is 1. The molecule has 0 aliphatic rings. The monoisotopic (exact) mass is 309 g/mol. The summed E-state index contributed by atoms with van der Waals surface area (Å²) in [6.07, 6.45) is 0. The van der Waals surface area contributed by atoms with Crippen molar-refractivity contribution in [3.05, 3.63) is 33.9 Å². The summed E-state index contributed by atoms with van der Waals surface area (Å²) < 4.78 is 0. The lowest BCUT2D eigenvalue weighted by Gasteiger charge is -2.21. The van der Waals surface area contributed by atoms with Crippen molar-refractivity contribution >= 4 is 17.3 Å². The number of aliphatic hydroxyl groups is 1. The number of nitrogens with one attached hydrogen (secondary N) is 2. The number of anilines is 1. The Balaban J connectivity index is 3.10. The molecule has 3 N–H and O–H groups in total. The van der Waals surface area contributed by atoms with E-state index in [4.69, 9.17) is 0 Å². The van der Waals surface area contributed by atoms with Gasteiger partial charge in [-0.25, -0.2) is 0 Å². The molecule has 1 rings (SSSR count). The first kappa shape index (κ1) is 17.9. The minimum atomic E-state index is -0.538. The topological polar surface area (TPSA) is 104 Å². The van der Waals surface area contributed by atoms with Gasteiger partial charge in [-0.15, -0.1) is 0 Å². The second-order valence-corrected chi connectivity index (χ2v) is 5.79. The Kier molecular flexibility index (Phi) is 6.30. The van der Waals surface area contributed by atoms with E-state index in [-0.39, 0.29) is 41.8 Å². The van der Waals surface area contributed by atoms with Crippen molar-refractivity contribution in [2.75, 3.05) is 11.9 Å². The van der Waals surface area contributed by atoms with Gasteiger partial charge in [0, 0.05) is 17.7 Å². The van der Waals surface area contributed by atoms with E-state index in [1.165, 1.54) is 18.2 Å². The van der Waals surface area contributed by atoms with Crippen LogP contribution in [0.3, 0.4) is 0 Å². The van der Waals surface area contributed by atoms with Gasteiger partial charge in [0.15, 0.2) is 0 Å². The zero-order valence-electron chi connectivity index (χ0n) is 13.3. The van der Waals surface area contributed by atoms with Crippen LogP contribution in [0.1, 0.15) is 38.1 Å². The number of benzene rings is 1. The maximum Gasteiger partial charge on any atom is 0.293 e. The van der Waals surface area contributed by atoms with Crippen LogP contribution in [0.2, 0.25) is 0 Å². The minimum Gasteiger partial charge on any atom is -0.394 e. The minimum absolute atomic E-state index is 0.0518. The van der Waals surface area contributed by atoms with Crippen molar-refractivity contribution in [3.8, 4) is 0 Å². The van der Waals surface area contributed by atoms with Crippen LogP contribution in [0.5, 0.6) is 0 Å². The van der Waals surface area contributed by atoms with Crippen LogP contribution in [-0.2, 0) is 0 Å². The van der Waals surface area contributed by atoms with Gasteiger partial charge in [-0.1, -0.05) is 13.8 Å². The lowest BCUT2D eigenvalue weighted by molar-refractivity contribution is -0.384. The Bertz CT molecular complexity index is 544. The highest BCUT2D eigenvalue weighted by atomic mass is 16.6. The van der Waals surface area contributed by atoms with Crippen molar-refractivity contribution in [1.82, 2.24) is 5.32 Å². The van der Waals surface area contributed by atoms with Gasteiger partial charge >= 0.3 is 0 Å². The molecule has 1 aromatic carbocycles. The van der Waals surface area contributed by atoms with E-state index in [0.29, 0.717) is 5.69 Å². The molecule has 0 radical (unpaired) electrons. The standard InChI is InChI=1S/C15H23N3O4/c1-9(2)13(8-19)17-12-6-5-11(7-14(12)18(21)22)15(20)16-10(3)4/h5-7,9-10,13,17,19H,8H2,1-4H3,(H,16,20)/t13-/m1/s1. The predicted octanol–water partition coefficient (Wildman–Crippen LogP) is 2.16. The van der Waals surface area contributed by atoms with E-state index < -0.39 is 4.92 Å². The molecule has 1 aromatic rings. The van der Waals surface area contributed by atoms with E-state index >= 15 is 0 Å². The highest BCUT2D eigenvalue weighted by Gasteiger charge is 2.21. The molecule has 7 nitrogen and oxygen atoms in total. The summed E-state index contributed by atoms with van der Waals surface area (Å²) in [5.41, 5.74) is 0.338. The molecule has 1 amide bonds. The Labute approximate surface area is 129 Å². The Hall–Kier alpha value is -2.15. The molecule has 0 bridgehead atoms. The second kappa shape index (κ2) is 7.74. The number of nitrogens with zero attached hydrogens (tertiary/aromatic N) is 1. The third kappa shape index (κ3) is 4.70. The van der Waals surface area contributed by atoms with Gasteiger partial charge in [0.2, 0.25) is 0 Å². The van der Waals surface area contributed by atoms with Crippen molar-refractivity contribution in [1.29, 1.82) is 0 Å². The zero-order valence-corrected chi connectivity index (χ0v) is 13.3. The number of carbonyl (C=O) groups excluding carboxylic acids is 1. The van der Waals surface area contributed by atoms with Crippen molar-refractivity contribution in [3.63, 3.8) is 0 Å². The first-order valence-corrected chi connectivity index (χ1v) is 7.23. The van der Waals surface area contributed by atoms with Crippen LogP contribution in [0.4, 0.5) is 11.4 Å². The Morgan fingerprint density at radius 1 is 1.32 bits per heavy atom. The van der Waals surface area contributed by atoms with Crippen LogP contribution < -0.4 is 10.6 Å². The van der Waals surface area contributed by atoms with Gasteiger partial charge in [-0.3, -0.25) is 14.9 Å². The molecule has 7 heteroatoms. The van der Waals surface area contributed by atoms with Crippen molar-refractivity contribution in [2.24, 2.45) is 5.92 Å². The van der Waals surface area contributed by atoms with Gasteiger partial charge in [0.1, 0.15) is 5.69 Å². The summed E-state index contributed by atoms with van der Waals surface area (Å²) in [6, 6.07) is 3.92. The van der Waals surface area contributed by atoms with Crippen molar-refractivity contribution in [2.45, 2.75) is 39.8 Å². The quantitative estimate of drug-likeness (QED) is 0.529. The van der Waals surface area contributed by atoms with Crippen LogP contribution in [0.15, 0.2) is 18.2 Å². The van der Waals surface area contributed by atoms with Gasteiger partial charge in [-0.05, 0) is 31.9 Å². The summed E-state index contributed by atoms with van der Waals surface area (Å²) in [6.45, 7) is 7.31. The fourth-order valence-electron chi connectivity index (χ4n) is 1.91. The Morgan fingerprint density at radius 3 is 2.41 bits per heavy atom. The maximum absolute atomic E-state index is 11.9. The molecule has 0 unspecified atom stereocenters. The molecule has 0 saturated heterocycles. The van der Waals surface area contributed by atoms with Crippen LogP contribution in [-0.4, -0.2) is 34.6 Å². The third-order valence-electron chi connectivity index (χ3n) is 3.22. The molecule has 0 aliphatic heterocycles. The first-order valence-electron chi connectivity index (χ1n) is 7.23. The lowest BCUT2D eigenvalue weighted by Crippen LogP contribution is -2.31. The maximum atomic E-state index is 11.9. The predicted molar refractivity (Wildman–Crippen MR) is 85.0 cm³/mol. The lowest BCUT2D eigenvalue weighted by atomic mass is 10.0. The summed E-state index contributed by atoms with van der Waals surface area (Å²) in [5, 5.41) is 26.2. The first-order chi connectivity index (χ1) is 10.3. The van der Waals surface area contributed by atoms with Gasteiger partial charge < -0.3 is 15.7 Å². The highest BCUT2D eigenvalue weighted by Crippen LogP contribution is 2.27. The number of aliphatic hydroxyl groups excluding tert-OH is 1. The molecule has 0 heterocycles. The molecule has 0 spiro atoms. The fourth-order valence-corrected chi connectivity index (χ4v) is 1.91. The van der Waals surface area contributed by atoms with E-state index in [2.05, 4.69) is 10.6 Å². The molecule has 1 atom stereocenters. The largest absolute Gasteiger partial charge is 0.394 e. The number of hydrogen-bond acceptors (Lipinski definition) is 5. The summed E-state index contributed by atoms with van der Waals surface area (Å²) in [5.74, 6) is -0.249. The number of nitro groups is 1. The molecule has 122 valence electrons. The molecule has 0 fully saturated rings. The average Bonchev–Trinajstić information content (AvgIpc) is 2.43. The SMILES string of the molecule is CC(C)NC(=O)c1ccc(N[C@H](CO)C(C)C)c([N+](=O)[O-])c1. The Morgan fingerprint density at radius 2 is 1.95 bits per heavy atom. The van der Waals surface area contributed by atoms with E-state index in [0.717, 1.165) is 0 Å². The van der Waals surface area contributed by atoms with Gasteiger partial charge in [0.25, 0.3) is 11.6 Å². The van der Waals surface area contributed by atoms with E-state index in [1.54, 1.807) is 0 Å². The zero-order chi connectivity index (χ0) is 16.9. The molecular formula is C15H23N3O4. The van der Waals surface area contributed by atoms with Crippen LogP contribution in [0.25, 0.3) is 0 Å². The van der Waals surface area contributed by atoms with E-state index in [1.807, 2.05) is 27.7 Å². The van der Waals surface area contributed by atoms with Gasteiger partial charge in [-0.2, -0.15) is 0 Å². The number of nitro benzene ring substituents is 1. The summed E-state index contributed by atoms with van der Waals surface area (Å²) in [4.78, 5) is 22.6. The number of rotatable bonds is 7. The highest BCUT2D eigenvalue weighted by molar-refractivity contribution is 5.95. The second-order valence-electron chi connectivity index (χ2n) is 5.79. The summed E-state index contributed by atoms with van der Waals surface area (Å²) in [7, 11) is 0. The molecule has 0 saturated carbocycles. The molecule has 0 aromatic heterocycles. The van der Waals surface area contributed by atoms with Crippen molar-refractivity contribution < 1.29 is 14.8 Å². The van der Waals surface area contributed by atoms with Crippen LogP contribution in [0, 0.1) is 16.0 Å². The van der Waals surface area contributed by atoms with Gasteiger partial charge in [0.05, 0.1) is 17.6 Å². The average molecular weight is 309 g/mol. The number of carbonyl (C=O) groups is 1. The summed E-state index contributed by atoms with van der Waals surface area (Å²) >= 11 is 0. The fraction of sp³-hybridized carbons (Fsp3) is 0.533. The normalized spacial score (nSPS) is 12.3. The molecule has 0 aliphatic carbocycles. The third-order valence-corrected chi connectivity index (χ3v) is 3.22. The molecule has 22 heavy (non-hydrogen) atoms.